The van der Waals surface area contributed by atoms with Crippen LogP contribution in [-0.2, 0) is 6.54 Å². The Labute approximate surface area is 159 Å². The van der Waals surface area contributed by atoms with Crippen molar-refractivity contribution in [1.82, 2.24) is 10.2 Å². The molecule has 1 aliphatic heterocycles. The summed E-state index contributed by atoms with van der Waals surface area (Å²) < 4.78 is 5.20. The molecule has 1 saturated heterocycles. The first-order chi connectivity index (χ1) is 13.2. The molecule has 3 aromatic rings. The van der Waals surface area contributed by atoms with E-state index in [9.17, 15) is 4.79 Å². The molecule has 1 fully saturated rings. The van der Waals surface area contributed by atoms with E-state index < -0.39 is 0 Å². The van der Waals surface area contributed by atoms with Crippen molar-refractivity contribution < 1.29 is 9.53 Å². The highest BCUT2D eigenvalue weighted by atomic mass is 16.5. The number of nitrogens with one attached hydrogen (secondary N) is 1. The van der Waals surface area contributed by atoms with Gasteiger partial charge in [-0.3, -0.25) is 9.69 Å². The molecule has 4 heteroatoms. The predicted octanol–water partition coefficient (Wildman–Crippen LogP) is 3.85. The van der Waals surface area contributed by atoms with Crippen molar-refractivity contribution in [3.63, 3.8) is 0 Å². The zero-order valence-corrected chi connectivity index (χ0v) is 15.5. The van der Waals surface area contributed by atoms with Gasteiger partial charge in [-0.05, 0) is 47.0 Å². The van der Waals surface area contributed by atoms with Crippen LogP contribution in [0.4, 0.5) is 0 Å². The highest BCUT2D eigenvalue weighted by Crippen LogP contribution is 2.19. The van der Waals surface area contributed by atoms with Gasteiger partial charge in [0.25, 0.3) is 5.91 Å². The van der Waals surface area contributed by atoms with E-state index in [1.807, 2.05) is 18.2 Å². The average molecular weight is 360 g/mol. The maximum atomic E-state index is 12.5. The second kappa shape index (κ2) is 7.80. The summed E-state index contributed by atoms with van der Waals surface area (Å²) in [4.78, 5) is 14.9. The van der Waals surface area contributed by atoms with Gasteiger partial charge in [0.15, 0.2) is 0 Å². The summed E-state index contributed by atoms with van der Waals surface area (Å²) in [6, 6.07) is 22.5. The third-order valence-electron chi connectivity index (χ3n) is 5.16. The van der Waals surface area contributed by atoms with Crippen LogP contribution in [0.15, 0.2) is 66.7 Å². The third kappa shape index (κ3) is 4.12. The van der Waals surface area contributed by atoms with Crippen LogP contribution in [0, 0.1) is 0 Å². The minimum Gasteiger partial charge on any atom is -0.497 e. The van der Waals surface area contributed by atoms with Gasteiger partial charge in [-0.2, -0.15) is 0 Å². The van der Waals surface area contributed by atoms with Gasteiger partial charge >= 0.3 is 0 Å². The van der Waals surface area contributed by atoms with Crippen molar-refractivity contribution in [2.75, 3.05) is 20.2 Å². The SMILES string of the molecule is COc1cccc(C(=O)N[C@@H]2CCN(Cc3ccc4ccccc4c3)C2)c1. The average Bonchev–Trinajstić information content (AvgIpc) is 3.14. The molecule has 27 heavy (non-hydrogen) atoms. The number of benzene rings is 3. The third-order valence-corrected chi connectivity index (χ3v) is 5.16. The predicted molar refractivity (Wildman–Crippen MR) is 108 cm³/mol. The number of ether oxygens (including phenoxy) is 1. The molecule has 0 spiro atoms. The Morgan fingerprint density at radius 1 is 1.07 bits per heavy atom. The lowest BCUT2D eigenvalue weighted by molar-refractivity contribution is 0.0937. The summed E-state index contributed by atoms with van der Waals surface area (Å²) in [6.07, 6.45) is 0.975. The molecule has 0 bridgehead atoms. The molecule has 4 nitrogen and oxygen atoms in total. The number of carbonyl (C=O) groups is 1. The lowest BCUT2D eigenvalue weighted by atomic mass is 10.1. The molecular formula is C23H24N2O2. The van der Waals surface area contributed by atoms with Crippen LogP contribution in [0.3, 0.4) is 0 Å². The zero-order chi connectivity index (χ0) is 18.6. The molecule has 1 N–H and O–H groups in total. The number of rotatable bonds is 5. The number of hydrogen-bond acceptors (Lipinski definition) is 3. The molecule has 4 rings (SSSR count). The number of amides is 1. The molecule has 138 valence electrons. The quantitative estimate of drug-likeness (QED) is 0.751. The van der Waals surface area contributed by atoms with E-state index in [0.717, 1.165) is 26.1 Å². The van der Waals surface area contributed by atoms with Crippen molar-refractivity contribution in [3.05, 3.63) is 77.9 Å². The van der Waals surface area contributed by atoms with E-state index in [4.69, 9.17) is 4.74 Å². The molecule has 0 unspecified atom stereocenters. The molecule has 1 aliphatic rings. The standard InChI is InChI=1S/C23H24N2O2/c1-27-22-8-4-7-20(14-22)23(26)24-21-11-12-25(16-21)15-17-9-10-18-5-2-3-6-19(18)13-17/h2-10,13-14,21H,11-12,15-16H2,1H3,(H,24,26)/t21-/m1/s1. The van der Waals surface area contributed by atoms with Crippen LogP contribution in [0.1, 0.15) is 22.3 Å². The highest BCUT2D eigenvalue weighted by Gasteiger charge is 2.24. The Morgan fingerprint density at radius 2 is 1.93 bits per heavy atom. The van der Waals surface area contributed by atoms with Gasteiger partial charge in [0.1, 0.15) is 5.75 Å². The van der Waals surface area contributed by atoms with Crippen molar-refractivity contribution in [1.29, 1.82) is 0 Å². The molecule has 1 amide bonds. The van der Waals surface area contributed by atoms with E-state index in [1.165, 1.54) is 16.3 Å². The van der Waals surface area contributed by atoms with E-state index in [1.54, 1.807) is 13.2 Å². The lowest BCUT2D eigenvalue weighted by Gasteiger charge is -2.17. The number of methoxy groups -OCH3 is 1. The smallest absolute Gasteiger partial charge is 0.251 e. The summed E-state index contributed by atoms with van der Waals surface area (Å²) in [7, 11) is 1.61. The Hall–Kier alpha value is -2.85. The second-order valence-corrected chi connectivity index (χ2v) is 7.11. The number of hydrogen-bond donors (Lipinski definition) is 1. The fourth-order valence-electron chi connectivity index (χ4n) is 3.72. The fraction of sp³-hybridized carbons (Fsp3) is 0.261. The van der Waals surface area contributed by atoms with Crippen LogP contribution < -0.4 is 10.1 Å². The largest absolute Gasteiger partial charge is 0.497 e. The van der Waals surface area contributed by atoms with Gasteiger partial charge in [0, 0.05) is 31.2 Å². The number of nitrogens with zero attached hydrogens (tertiary/aromatic N) is 1. The fourth-order valence-corrected chi connectivity index (χ4v) is 3.72. The van der Waals surface area contributed by atoms with Crippen molar-refractivity contribution in [2.24, 2.45) is 0 Å². The van der Waals surface area contributed by atoms with Crippen molar-refractivity contribution in [2.45, 2.75) is 19.0 Å². The molecule has 0 aliphatic carbocycles. The van der Waals surface area contributed by atoms with Gasteiger partial charge < -0.3 is 10.1 Å². The van der Waals surface area contributed by atoms with Crippen molar-refractivity contribution >= 4 is 16.7 Å². The molecule has 1 atom stereocenters. The zero-order valence-electron chi connectivity index (χ0n) is 15.5. The molecule has 1 heterocycles. The Morgan fingerprint density at radius 3 is 2.78 bits per heavy atom. The van der Waals surface area contributed by atoms with E-state index in [-0.39, 0.29) is 11.9 Å². The molecule has 3 aromatic carbocycles. The minimum absolute atomic E-state index is 0.0357. The lowest BCUT2D eigenvalue weighted by Crippen LogP contribution is -2.37. The summed E-state index contributed by atoms with van der Waals surface area (Å²) in [6.45, 7) is 2.79. The molecule has 0 aromatic heterocycles. The number of carbonyl (C=O) groups excluding carboxylic acids is 1. The molecular weight excluding hydrogens is 336 g/mol. The normalized spacial score (nSPS) is 17.1. The van der Waals surface area contributed by atoms with Gasteiger partial charge in [-0.1, -0.05) is 42.5 Å². The maximum absolute atomic E-state index is 12.5. The first-order valence-electron chi connectivity index (χ1n) is 9.36. The van der Waals surface area contributed by atoms with Crippen molar-refractivity contribution in [3.8, 4) is 5.75 Å². The van der Waals surface area contributed by atoms with E-state index >= 15 is 0 Å². The summed E-state index contributed by atoms with van der Waals surface area (Å²) in [5, 5.41) is 5.70. The maximum Gasteiger partial charge on any atom is 0.251 e. The van der Waals surface area contributed by atoms with Crippen LogP contribution in [0.5, 0.6) is 5.75 Å². The summed E-state index contributed by atoms with van der Waals surface area (Å²) in [5.74, 6) is 0.665. The van der Waals surface area contributed by atoms with Crippen LogP contribution in [0.2, 0.25) is 0 Å². The first kappa shape index (κ1) is 17.6. The Bertz CT molecular complexity index is 954. The Kier molecular flexibility index (Phi) is 5.07. The van der Waals surface area contributed by atoms with Gasteiger partial charge in [-0.25, -0.2) is 0 Å². The summed E-state index contributed by atoms with van der Waals surface area (Å²) >= 11 is 0. The second-order valence-electron chi connectivity index (χ2n) is 7.11. The van der Waals surface area contributed by atoms with Gasteiger partial charge in [-0.15, -0.1) is 0 Å². The van der Waals surface area contributed by atoms with Crippen LogP contribution >= 0.6 is 0 Å². The van der Waals surface area contributed by atoms with Crippen LogP contribution in [0.25, 0.3) is 10.8 Å². The first-order valence-corrected chi connectivity index (χ1v) is 9.36. The number of likely N-dealkylation sites (tertiary alicyclic amines) is 1. The minimum atomic E-state index is -0.0357. The molecule has 0 radical (unpaired) electrons. The topological polar surface area (TPSA) is 41.6 Å². The van der Waals surface area contributed by atoms with E-state index in [2.05, 4.69) is 52.7 Å². The van der Waals surface area contributed by atoms with Gasteiger partial charge in [0.05, 0.1) is 7.11 Å². The van der Waals surface area contributed by atoms with E-state index in [0.29, 0.717) is 11.3 Å². The highest BCUT2D eigenvalue weighted by molar-refractivity contribution is 5.94. The van der Waals surface area contributed by atoms with Gasteiger partial charge in [0.2, 0.25) is 0 Å². The summed E-state index contributed by atoms with van der Waals surface area (Å²) in [5.41, 5.74) is 1.95. The van der Waals surface area contributed by atoms with Crippen LogP contribution in [-0.4, -0.2) is 37.0 Å². The molecule has 0 saturated carbocycles. The monoisotopic (exact) mass is 360 g/mol. The number of fused-ring (bicyclic) bond motifs is 1. The Balaban J connectivity index is 1.35.